The third kappa shape index (κ3) is 3.00. The van der Waals surface area contributed by atoms with E-state index in [1.807, 2.05) is 0 Å². The molecule has 1 aliphatic carbocycles. The first kappa shape index (κ1) is 12.7. The van der Waals surface area contributed by atoms with Gasteiger partial charge in [0.2, 0.25) is 0 Å². The number of piperidine rings is 1. The van der Waals surface area contributed by atoms with Crippen molar-refractivity contribution < 1.29 is 4.79 Å². The molecule has 0 aromatic carbocycles. The molecule has 6 heteroatoms. The first-order valence-electron chi connectivity index (χ1n) is 7.03. The molecule has 0 bridgehead atoms. The lowest BCUT2D eigenvalue weighted by Crippen LogP contribution is -2.29. The Balaban J connectivity index is 1.66. The summed E-state index contributed by atoms with van der Waals surface area (Å²) in [4.78, 5) is 19.2. The lowest BCUT2D eigenvalue weighted by atomic mass is 10.1. The molecule has 104 valence electrons. The van der Waals surface area contributed by atoms with E-state index in [0.29, 0.717) is 16.6 Å². The Bertz CT molecular complexity index is 463. The van der Waals surface area contributed by atoms with E-state index in [2.05, 4.69) is 15.2 Å². The minimum Gasteiger partial charge on any atom is -0.382 e. The molecule has 5 nitrogen and oxygen atoms in total. The summed E-state index contributed by atoms with van der Waals surface area (Å²) in [7, 11) is 0. The zero-order valence-electron chi connectivity index (χ0n) is 11.0. The fourth-order valence-electron chi connectivity index (χ4n) is 2.34. The van der Waals surface area contributed by atoms with Gasteiger partial charge in [-0.25, -0.2) is 4.98 Å². The molecule has 1 saturated heterocycles. The summed E-state index contributed by atoms with van der Waals surface area (Å²) in [5, 5.41) is 3.85. The summed E-state index contributed by atoms with van der Waals surface area (Å²) in [5.74, 6) is 0.990. The van der Waals surface area contributed by atoms with Crippen molar-refractivity contribution in [2.45, 2.75) is 32.1 Å². The Hall–Kier alpha value is -1.30. The van der Waals surface area contributed by atoms with Gasteiger partial charge in [-0.3, -0.25) is 4.79 Å². The van der Waals surface area contributed by atoms with Crippen LogP contribution in [0.15, 0.2) is 0 Å². The van der Waals surface area contributed by atoms with Crippen molar-refractivity contribution in [2.75, 3.05) is 30.3 Å². The number of amides is 1. The van der Waals surface area contributed by atoms with Crippen molar-refractivity contribution in [1.82, 2.24) is 10.3 Å². The molecule has 19 heavy (non-hydrogen) atoms. The number of carbonyl (C=O) groups is 1. The van der Waals surface area contributed by atoms with E-state index in [-0.39, 0.29) is 5.91 Å². The maximum absolute atomic E-state index is 12.1. The summed E-state index contributed by atoms with van der Waals surface area (Å²) < 4.78 is 0. The van der Waals surface area contributed by atoms with Gasteiger partial charge in [0.1, 0.15) is 10.7 Å². The molecular formula is C13H20N4OS. The van der Waals surface area contributed by atoms with E-state index < -0.39 is 0 Å². The van der Waals surface area contributed by atoms with Gasteiger partial charge in [-0.15, -0.1) is 0 Å². The number of nitrogens with zero attached hydrogens (tertiary/aromatic N) is 2. The SMILES string of the molecule is Nc1nc(N2CCCCC2)sc1C(=O)NCC1CC1. The van der Waals surface area contributed by atoms with Gasteiger partial charge in [-0.1, -0.05) is 11.3 Å². The van der Waals surface area contributed by atoms with Crippen molar-refractivity contribution in [3.8, 4) is 0 Å². The van der Waals surface area contributed by atoms with Gasteiger partial charge < -0.3 is 16.0 Å². The molecule has 0 radical (unpaired) electrons. The zero-order valence-corrected chi connectivity index (χ0v) is 11.8. The van der Waals surface area contributed by atoms with E-state index in [1.165, 1.54) is 43.4 Å². The minimum atomic E-state index is -0.0647. The van der Waals surface area contributed by atoms with Crippen LogP contribution in [0.25, 0.3) is 0 Å². The summed E-state index contributed by atoms with van der Waals surface area (Å²) in [6.07, 6.45) is 6.15. The van der Waals surface area contributed by atoms with Crippen molar-refractivity contribution in [3.63, 3.8) is 0 Å². The fourth-order valence-corrected chi connectivity index (χ4v) is 3.30. The maximum Gasteiger partial charge on any atom is 0.265 e. The maximum atomic E-state index is 12.1. The number of nitrogen functional groups attached to an aromatic ring is 1. The molecule has 3 N–H and O–H groups in total. The first-order chi connectivity index (χ1) is 9.24. The monoisotopic (exact) mass is 280 g/mol. The molecule has 0 atom stereocenters. The fraction of sp³-hybridized carbons (Fsp3) is 0.692. The number of hydrogen-bond donors (Lipinski definition) is 2. The highest BCUT2D eigenvalue weighted by atomic mass is 32.1. The normalized spacial score (nSPS) is 19.5. The summed E-state index contributed by atoms with van der Waals surface area (Å²) in [6.45, 7) is 2.82. The number of thiazole rings is 1. The highest BCUT2D eigenvalue weighted by Crippen LogP contribution is 2.31. The number of nitrogens with two attached hydrogens (primary N) is 1. The second-order valence-corrected chi connectivity index (χ2v) is 6.39. The molecule has 1 saturated carbocycles. The number of anilines is 2. The van der Waals surface area contributed by atoms with Crippen LogP contribution in [-0.2, 0) is 0 Å². The minimum absolute atomic E-state index is 0.0647. The zero-order chi connectivity index (χ0) is 13.2. The largest absolute Gasteiger partial charge is 0.382 e. The molecule has 2 heterocycles. The highest BCUT2D eigenvalue weighted by Gasteiger charge is 2.24. The third-order valence-electron chi connectivity index (χ3n) is 3.72. The van der Waals surface area contributed by atoms with Crippen LogP contribution in [0.1, 0.15) is 41.8 Å². The average Bonchev–Trinajstić information content (AvgIpc) is 3.18. The lowest BCUT2D eigenvalue weighted by molar-refractivity contribution is 0.0956. The molecule has 1 aliphatic heterocycles. The van der Waals surface area contributed by atoms with Gasteiger partial charge in [0.05, 0.1) is 0 Å². The smallest absolute Gasteiger partial charge is 0.265 e. The Kier molecular flexibility index (Phi) is 3.59. The van der Waals surface area contributed by atoms with Gasteiger partial charge in [-0.2, -0.15) is 0 Å². The van der Waals surface area contributed by atoms with Crippen LogP contribution >= 0.6 is 11.3 Å². The Morgan fingerprint density at radius 1 is 1.37 bits per heavy atom. The van der Waals surface area contributed by atoms with Gasteiger partial charge in [0, 0.05) is 19.6 Å². The van der Waals surface area contributed by atoms with Crippen LogP contribution in [-0.4, -0.2) is 30.5 Å². The number of nitrogens with one attached hydrogen (secondary N) is 1. The average molecular weight is 280 g/mol. The lowest BCUT2D eigenvalue weighted by Gasteiger charge is -2.25. The van der Waals surface area contributed by atoms with Crippen LogP contribution in [0.2, 0.25) is 0 Å². The molecule has 1 amide bonds. The molecule has 0 spiro atoms. The second-order valence-electron chi connectivity index (χ2n) is 5.41. The van der Waals surface area contributed by atoms with Crippen LogP contribution in [0, 0.1) is 5.92 Å². The Morgan fingerprint density at radius 3 is 2.79 bits per heavy atom. The van der Waals surface area contributed by atoms with Crippen molar-refractivity contribution in [2.24, 2.45) is 5.92 Å². The number of hydrogen-bond acceptors (Lipinski definition) is 5. The van der Waals surface area contributed by atoms with E-state index in [4.69, 9.17) is 5.73 Å². The molecule has 3 rings (SSSR count). The predicted octanol–water partition coefficient (Wildman–Crippen LogP) is 1.86. The van der Waals surface area contributed by atoms with Crippen molar-refractivity contribution in [1.29, 1.82) is 0 Å². The number of aromatic nitrogens is 1. The van der Waals surface area contributed by atoms with Gasteiger partial charge in [0.25, 0.3) is 5.91 Å². The van der Waals surface area contributed by atoms with E-state index in [9.17, 15) is 4.79 Å². The quantitative estimate of drug-likeness (QED) is 0.883. The van der Waals surface area contributed by atoms with Crippen molar-refractivity contribution >= 4 is 28.2 Å². The highest BCUT2D eigenvalue weighted by molar-refractivity contribution is 7.18. The third-order valence-corrected chi connectivity index (χ3v) is 4.85. The van der Waals surface area contributed by atoms with Gasteiger partial charge in [-0.05, 0) is 38.0 Å². The van der Waals surface area contributed by atoms with Crippen LogP contribution in [0.5, 0.6) is 0 Å². The summed E-state index contributed by atoms with van der Waals surface area (Å²) in [6, 6.07) is 0. The van der Waals surface area contributed by atoms with Crippen LogP contribution in [0.4, 0.5) is 10.9 Å². The topological polar surface area (TPSA) is 71.2 Å². The van der Waals surface area contributed by atoms with E-state index in [1.54, 1.807) is 0 Å². The molecular weight excluding hydrogens is 260 g/mol. The van der Waals surface area contributed by atoms with Crippen molar-refractivity contribution in [3.05, 3.63) is 4.88 Å². The van der Waals surface area contributed by atoms with Crippen LogP contribution < -0.4 is 16.0 Å². The predicted molar refractivity (Wildman–Crippen MR) is 77.6 cm³/mol. The molecule has 0 unspecified atom stereocenters. The molecule has 2 fully saturated rings. The molecule has 1 aromatic rings. The summed E-state index contributed by atoms with van der Waals surface area (Å²) >= 11 is 1.42. The van der Waals surface area contributed by atoms with E-state index in [0.717, 1.165) is 24.8 Å². The first-order valence-corrected chi connectivity index (χ1v) is 7.85. The van der Waals surface area contributed by atoms with Gasteiger partial charge in [0.15, 0.2) is 5.13 Å². The Morgan fingerprint density at radius 2 is 2.11 bits per heavy atom. The van der Waals surface area contributed by atoms with Crippen LogP contribution in [0.3, 0.4) is 0 Å². The molecule has 2 aliphatic rings. The second kappa shape index (κ2) is 5.36. The van der Waals surface area contributed by atoms with Gasteiger partial charge >= 0.3 is 0 Å². The number of carbonyl (C=O) groups excluding carboxylic acids is 1. The van der Waals surface area contributed by atoms with E-state index >= 15 is 0 Å². The number of rotatable bonds is 4. The standard InChI is InChI=1S/C13H20N4OS/c14-11-10(12(18)15-8-9-4-5-9)19-13(16-11)17-6-2-1-3-7-17/h9H,1-8,14H2,(H,15,18). The Labute approximate surface area is 117 Å². The molecule has 1 aromatic heterocycles. The summed E-state index contributed by atoms with van der Waals surface area (Å²) in [5.41, 5.74) is 5.88.